The maximum Gasteiger partial charge on any atom is 0.188 e. The molecule has 0 aromatic heterocycles. The number of guanidine groups is 1. The van der Waals surface area contributed by atoms with Crippen molar-refractivity contribution in [1.29, 1.82) is 0 Å². The quantitative estimate of drug-likeness (QED) is 0.436. The minimum Gasteiger partial charge on any atom is -0.370 e. The van der Waals surface area contributed by atoms with E-state index in [2.05, 4.69) is 36.0 Å². The number of hydrogen-bond donors (Lipinski definition) is 2. The second-order valence-corrected chi connectivity index (χ2v) is 5.90. The molecule has 0 aliphatic carbocycles. The summed E-state index contributed by atoms with van der Waals surface area (Å²) in [6.45, 7) is 10.9. The Morgan fingerprint density at radius 2 is 1.88 bits per heavy atom. The van der Waals surface area contributed by atoms with Crippen LogP contribution in [0.4, 0.5) is 0 Å². The molecule has 1 aliphatic rings. The lowest BCUT2D eigenvalue weighted by Gasteiger charge is -2.21. The molecule has 4 nitrogen and oxygen atoms in total. The number of unbranched alkanes of at least 4 members (excludes halogenated alkanes) is 1. The average Bonchev–Trinajstić information content (AvgIpc) is 2.67. The van der Waals surface area contributed by atoms with E-state index in [4.69, 9.17) is 5.73 Å². The Bertz CT molecular complexity index is 236. The third kappa shape index (κ3) is 7.21. The van der Waals surface area contributed by atoms with E-state index in [-0.39, 0.29) is 5.54 Å². The molecule has 1 fully saturated rings. The van der Waals surface area contributed by atoms with Gasteiger partial charge in [-0.1, -0.05) is 0 Å². The second kappa shape index (κ2) is 6.84. The largest absolute Gasteiger partial charge is 0.370 e. The van der Waals surface area contributed by atoms with Crippen molar-refractivity contribution < 1.29 is 0 Å². The van der Waals surface area contributed by atoms with Crippen molar-refractivity contribution in [2.24, 2.45) is 10.7 Å². The summed E-state index contributed by atoms with van der Waals surface area (Å²) in [6.07, 6.45) is 5.11. The molecule has 17 heavy (non-hydrogen) atoms. The smallest absolute Gasteiger partial charge is 0.188 e. The topological polar surface area (TPSA) is 53.6 Å². The third-order valence-corrected chi connectivity index (χ3v) is 2.87. The summed E-state index contributed by atoms with van der Waals surface area (Å²) in [5.74, 6) is 0.568. The first-order chi connectivity index (χ1) is 7.97. The average molecular weight is 240 g/mol. The van der Waals surface area contributed by atoms with Crippen LogP contribution < -0.4 is 11.1 Å². The molecule has 1 aliphatic heterocycles. The molecule has 0 amide bonds. The molecular formula is C13H28N4. The fourth-order valence-corrected chi connectivity index (χ4v) is 2.08. The Balaban J connectivity index is 2.04. The molecule has 0 radical (unpaired) electrons. The molecule has 0 aromatic carbocycles. The highest BCUT2D eigenvalue weighted by atomic mass is 15.1. The van der Waals surface area contributed by atoms with E-state index in [1.54, 1.807) is 0 Å². The van der Waals surface area contributed by atoms with Crippen LogP contribution in [0.3, 0.4) is 0 Å². The van der Waals surface area contributed by atoms with Crippen molar-refractivity contribution in [3.63, 3.8) is 0 Å². The second-order valence-electron chi connectivity index (χ2n) is 5.90. The van der Waals surface area contributed by atoms with Gasteiger partial charge in [-0.05, 0) is 66.1 Å². The van der Waals surface area contributed by atoms with Gasteiger partial charge in [0.2, 0.25) is 0 Å². The molecule has 0 atom stereocenters. The van der Waals surface area contributed by atoms with Crippen molar-refractivity contribution in [2.75, 3.05) is 26.2 Å². The maximum atomic E-state index is 5.79. The molecule has 1 saturated heterocycles. The fourth-order valence-electron chi connectivity index (χ4n) is 2.08. The van der Waals surface area contributed by atoms with E-state index >= 15 is 0 Å². The number of hydrogen-bond acceptors (Lipinski definition) is 2. The molecule has 0 bridgehead atoms. The number of nitrogens with two attached hydrogens (primary N) is 1. The van der Waals surface area contributed by atoms with Crippen molar-refractivity contribution in [1.82, 2.24) is 10.2 Å². The van der Waals surface area contributed by atoms with Gasteiger partial charge in [0.25, 0.3) is 0 Å². The van der Waals surface area contributed by atoms with Gasteiger partial charge in [0.05, 0.1) is 0 Å². The molecular weight excluding hydrogens is 212 g/mol. The summed E-state index contributed by atoms with van der Waals surface area (Å²) < 4.78 is 0. The van der Waals surface area contributed by atoms with E-state index in [9.17, 15) is 0 Å². The van der Waals surface area contributed by atoms with Crippen molar-refractivity contribution in [2.45, 2.75) is 52.0 Å². The third-order valence-electron chi connectivity index (χ3n) is 2.87. The number of rotatable bonds is 5. The highest BCUT2D eigenvalue weighted by molar-refractivity contribution is 5.78. The summed E-state index contributed by atoms with van der Waals surface area (Å²) >= 11 is 0. The summed E-state index contributed by atoms with van der Waals surface area (Å²) in [5.41, 5.74) is 5.80. The van der Waals surface area contributed by atoms with Crippen LogP contribution in [0, 0.1) is 0 Å². The van der Waals surface area contributed by atoms with E-state index in [1.165, 1.54) is 38.9 Å². The van der Waals surface area contributed by atoms with Gasteiger partial charge in [-0.2, -0.15) is 0 Å². The van der Waals surface area contributed by atoms with Gasteiger partial charge in [-0.25, -0.2) is 0 Å². The minimum absolute atomic E-state index is 0.00311. The van der Waals surface area contributed by atoms with Crippen LogP contribution >= 0.6 is 0 Å². The first kappa shape index (κ1) is 14.3. The fraction of sp³-hybridized carbons (Fsp3) is 0.923. The number of nitrogens with zero attached hydrogens (tertiary/aromatic N) is 2. The van der Waals surface area contributed by atoms with Crippen LogP contribution in [-0.4, -0.2) is 42.6 Å². The number of nitrogens with one attached hydrogen (secondary N) is 1. The zero-order valence-corrected chi connectivity index (χ0v) is 11.6. The Morgan fingerprint density at radius 3 is 2.47 bits per heavy atom. The number of aliphatic imine (C=N–C) groups is 1. The van der Waals surface area contributed by atoms with Gasteiger partial charge >= 0.3 is 0 Å². The zero-order chi connectivity index (χ0) is 12.7. The van der Waals surface area contributed by atoms with Gasteiger partial charge in [0.15, 0.2) is 5.96 Å². The van der Waals surface area contributed by atoms with Crippen LogP contribution in [0.2, 0.25) is 0 Å². The molecule has 1 heterocycles. The van der Waals surface area contributed by atoms with E-state index in [0.717, 1.165) is 13.0 Å². The molecule has 0 aromatic rings. The highest BCUT2D eigenvalue weighted by Gasteiger charge is 2.10. The number of likely N-dealkylation sites (tertiary alicyclic amines) is 1. The Labute approximate surface area is 106 Å². The lowest BCUT2D eigenvalue weighted by molar-refractivity contribution is 0.331. The molecule has 100 valence electrons. The predicted molar refractivity (Wildman–Crippen MR) is 74.3 cm³/mol. The first-order valence-electron chi connectivity index (χ1n) is 6.78. The molecule has 3 N–H and O–H groups in total. The van der Waals surface area contributed by atoms with Gasteiger partial charge in [0, 0.05) is 12.1 Å². The molecule has 1 rings (SSSR count). The SMILES string of the molecule is CC(C)(C)NC(N)=NCCCCN1CCCC1. The summed E-state index contributed by atoms with van der Waals surface area (Å²) in [5, 5.41) is 3.17. The van der Waals surface area contributed by atoms with Crippen LogP contribution in [0.25, 0.3) is 0 Å². The van der Waals surface area contributed by atoms with Crippen molar-refractivity contribution >= 4 is 5.96 Å². The van der Waals surface area contributed by atoms with E-state index < -0.39 is 0 Å². The lowest BCUT2D eigenvalue weighted by atomic mass is 10.1. The Hall–Kier alpha value is -0.770. The zero-order valence-electron chi connectivity index (χ0n) is 11.6. The standard InChI is InChI=1S/C13H28N4/c1-13(2,3)16-12(14)15-8-4-5-9-17-10-6-7-11-17/h4-11H2,1-3H3,(H3,14,15,16). The summed E-state index contributed by atoms with van der Waals surface area (Å²) in [7, 11) is 0. The van der Waals surface area contributed by atoms with Crippen LogP contribution in [0.5, 0.6) is 0 Å². The van der Waals surface area contributed by atoms with Gasteiger partial charge in [0.1, 0.15) is 0 Å². The Kier molecular flexibility index (Phi) is 5.75. The normalized spacial score (nSPS) is 18.6. The highest BCUT2D eigenvalue weighted by Crippen LogP contribution is 2.08. The first-order valence-corrected chi connectivity index (χ1v) is 6.78. The van der Waals surface area contributed by atoms with E-state index in [0.29, 0.717) is 5.96 Å². The van der Waals surface area contributed by atoms with Crippen molar-refractivity contribution in [3.8, 4) is 0 Å². The van der Waals surface area contributed by atoms with Crippen LogP contribution in [0.15, 0.2) is 4.99 Å². The van der Waals surface area contributed by atoms with E-state index in [1.807, 2.05) is 0 Å². The van der Waals surface area contributed by atoms with Gasteiger partial charge in [-0.3, -0.25) is 4.99 Å². The molecule has 0 saturated carbocycles. The molecule has 0 spiro atoms. The van der Waals surface area contributed by atoms with Gasteiger partial charge in [-0.15, -0.1) is 0 Å². The minimum atomic E-state index is 0.00311. The van der Waals surface area contributed by atoms with Crippen molar-refractivity contribution in [3.05, 3.63) is 0 Å². The summed E-state index contributed by atoms with van der Waals surface area (Å²) in [6, 6.07) is 0. The lowest BCUT2D eigenvalue weighted by Crippen LogP contribution is -2.45. The maximum absolute atomic E-state index is 5.79. The van der Waals surface area contributed by atoms with Gasteiger partial charge < -0.3 is 16.0 Å². The predicted octanol–water partition coefficient (Wildman–Crippen LogP) is 1.57. The monoisotopic (exact) mass is 240 g/mol. The van der Waals surface area contributed by atoms with Crippen LogP contribution in [0.1, 0.15) is 46.5 Å². The Morgan fingerprint density at radius 1 is 1.24 bits per heavy atom. The molecule has 4 heteroatoms. The molecule has 0 unspecified atom stereocenters. The summed E-state index contributed by atoms with van der Waals surface area (Å²) in [4.78, 5) is 6.88. The van der Waals surface area contributed by atoms with Crippen LogP contribution in [-0.2, 0) is 0 Å².